The van der Waals surface area contributed by atoms with E-state index in [0.717, 1.165) is 44.2 Å². The molecule has 0 radical (unpaired) electrons. The van der Waals surface area contributed by atoms with Crippen molar-refractivity contribution < 1.29 is 5.11 Å². The van der Waals surface area contributed by atoms with Crippen LogP contribution in [0.15, 0.2) is 12.4 Å². The van der Waals surface area contributed by atoms with Crippen molar-refractivity contribution in [2.45, 2.75) is 12.8 Å². The smallest absolute Gasteiger partial charge is 0.171 e. The van der Waals surface area contributed by atoms with Gasteiger partial charge in [-0.2, -0.15) is 0 Å². The molecule has 0 amide bonds. The number of anilines is 2. The fraction of sp³-hybridized carbons (Fsp3) is 0.714. The van der Waals surface area contributed by atoms with Crippen molar-refractivity contribution in [2.75, 3.05) is 57.1 Å². The Hall–Kier alpha value is -1.40. The third-order valence-corrected chi connectivity index (χ3v) is 3.68. The maximum atomic E-state index is 9.24. The van der Waals surface area contributed by atoms with Crippen LogP contribution in [0.3, 0.4) is 0 Å². The van der Waals surface area contributed by atoms with Gasteiger partial charge in [0.15, 0.2) is 11.6 Å². The van der Waals surface area contributed by atoms with Gasteiger partial charge in [0.1, 0.15) is 0 Å². The van der Waals surface area contributed by atoms with Crippen molar-refractivity contribution in [3.05, 3.63) is 12.4 Å². The summed E-state index contributed by atoms with van der Waals surface area (Å²) in [6.45, 7) is 4.24. The molecule has 1 aliphatic heterocycles. The van der Waals surface area contributed by atoms with E-state index in [0.29, 0.717) is 12.5 Å². The van der Waals surface area contributed by atoms with Gasteiger partial charge in [-0.1, -0.05) is 0 Å². The zero-order valence-corrected chi connectivity index (χ0v) is 12.4. The third-order valence-electron chi connectivity index (χ3n) is 3.68. The number of aromatic nitrogens is 2. The molecule has 1 unspecified atom stereocenters. The van der Waals surface area contributed by atoms with E-state index in [1.807, 2.05) is 19.0 Å². The van der Waals surface area contributed by atoms with Gasteiger partial charge in [0, 0.05) is 52.7 Å². The molecule has 0 spiro atoms. The summed E-state index contributed by atoms with van der Waals surface area (Å²) >= 11 is 0. The lowest BCUT2D eigenvalue weighted by Gasteiger charge is -2.31. The van der Waals surface area contributed by atoms with Crippen molar-refractivity contribution in [2.24, 2.45) is 5.92 Å². The number of rotatable bonds is 6. The minimum absolute atomic E-state index is 0.304. The topological polar surface area (TPSA) is 64.5 Å². The van der Waals surface area contributed by atoms with Gasteiger partial charge >= 0.3 is 0 Å². The van der Waals surface area contributed by atoms with E-state index in [-0.39, 0.29) is 0 Å². The molecule has 2 heterocycles. The molecule has 6 heteroatoms. The Bertz CT molecular complexity index is 412. The predicted molar refractivity (Wildman–Crippen MR) is 81.1 cm³/mol. The Morgan fingerprint density at radius 1 is 1.40 bits per heavy atom. The summed E-state index contributed by atoms with van der Waals surface area (Å²) in [4.78, 5) is 13.0. The fourth-order valence-corrected chi connectivity index (χ4v) is 2.62. The van der Waals surface area contributed by atoms with Gasteiger partial charge in [-0.15, -0.1) is 0 Å². The second-order valence-corrected chi connectivity index (χ2v) is 5.54. The van der Waals surface area contributed by atoms with Crippen LogP contribution in [0.4, 0.5) is 11.6 Å². The predicted octanol–water partition coefficient (Wildman–Crippen LogP) is 0.659. The van der Waals surface area contributed by atoms with Crippen LogP contribution in [-0.4, -0.2) is 66.9 Å². The van der Waals surface area contributed by atoms with Crippen molar-refractivity contribution in [1.82, 2.24) is 14.9 Å². The monoisotopic (exact) mass is 279 g/mol. The zero-order valence-electron chi connectivity index (χ0n) is 12.4. The Kier molecular flexibility index (Phi) is 5.55. The molecule has 1 aromatic heterocycles. The number of nitrogens with one attached hydrogen (secondary N) is 1. The number of likely N-dealkylation sites (tertiary alicyclic amines) is 1. The molecule has 1 aliphatic rings. The van der Waals surface area contributed by atoms with Crippen LogP contribution < -0.4 is 10.2 Å². The molecule has 112 valence electrons. The lowest BCUT2D eigenvalue weighted by molar-refractivity contribution is 0.123. The summed E-state index contributed by atoms with van der Waals surface area (Å²) in [6.07, 6.45) is 5.74. The van der Waals surface area contributed by atoms with Gasteiger partial charge in [0.05, 0.1) is 0 Å². The number of nitrogens with zero attached hydrogens (tertiary/aromatic N) is 4. The molecule has 6 nitrogen and oxygen atoms in total. The largest absolute Gasteiger partial charge is 0.396 e. The maximum Gasteiger partial charge on any atom is 0.171 e. The molecular weight excluding hydrogens is 254 g/mol. The van der Waals surface area contributed by atoms with Crippen LogP contribution in [0.5, 0.6) is 0 Å². The van der Waals surface area contributed by atoms with Crippen LogP contribution >= 0.6 is 0 Å². The summed E-state index contributed by atoms with van der Waals surface area (Å²) in [5.74, 6) is 2.13. The van der Waals surface area contributed by atoms with E-state index in [1.165, 1.54) is 6.42 Å². The van der Waals surface area contributed by atoms with Crippen LogP contribution in [-0.2, 0) is 0 Å². The van der Waals surface area contributed by atoms with Crippen LogP contribution in [0.25, 0.3) is 0 Å². The fourth-order valence-electron chi connectivity index (χ4n) is 2.62. The van der Waals surface area contributed by atoms with Crippen LogP contribution in [0.1, 0.15) is 12.8 Å². The first-order chi connectivity index (χ1) is 9.70. The molecule has 2 N–H and O–H groups in total. The highest BCUT2D eigenvalue weighted by molar-refractivity contribution is 5.59. The minimum Gasteiger partial charge on any atom is -0.396 e. The van der Waals surface area contributed by atoms with Gasteiger partial charge < -0.3 is 20.2 Å². The Morgan fingerprint density at radius 2 is 2.20 bits per heavy atom. The summed E-state index contributed by atoms with van der Waals surface area (Å²) in [6, 6.07) is 0. The quantitative estimate of drug-likeness (QED) is 0.797. The summed E-state index contributed by atoms with van der Waals surface area (Å²) in [5.41, 5.74) is 0. The van der Waals surface area contributed by atoms with Gasteiger partial charge in [0.25, 0.3) is 0 Å². The van der Waals surface area contributed by atoms with Crippen LogP contribution in [0.2, 0.25) is 0 Å². The summed E-state index contributed by atoms with van der Waals surface area (Å²) in [5, 5.41) is 12.6. The standard InChI is InChI=1S/C14H25N5O/c1-18(2)14-13(15-5-6-17-14)16-7-9-19-8-3-4-12(10-19)11-20/h5-6,12,20H,3-4,7-11H2,1-2H3,(H,15,16). The van der Waals surface area contributed by atoms with Crippen molar-refractivity contribution >= 4 is 11.6 Å². The van der Waals surface area contributed by atoms with Crippen molar-refractivity contribution in [3.8, 4) is 0 Å². The lowest BCUT2D eigenvalue weighted by Crippen LogP contribution is -2.39. The number of hydrogen-bond donors (Lipinski definition) is 2. The molecule has 0 bridgehead atoms. The number of aliphatic hydroxyl groups is 1. The highest BCUT2D eigenvalue weighted by Gasteiger charge is 2.18. The second kappa shape index (κ2) is 7.40. The summed E-state index contributed by atoms with van der Waals surface area (Å²) < 4.78 is 0. The van der Waals surface area contributed by atoms with E-state index >= 15 is 0 Å². The molecule has 1 saturated heterocycles. The average Bonchev–Trinajstić information content (AvgIpc) is 2.48. The first-order valence-corrected chi connectivity index (χ1v) is 7.26. The van der Waals surface area contributed by atoms with Gasteiger partial charge in [-0.05, 0) is 25.3 Å². The molecule has 0 aliphatic carbocycles. The van der Waals surface area contributed by atoms with E-state index in [9.17, 15) is 5.11 Å². The SMILES string of the molecule is CN(C)c1nccnc1NCCN1CCCC(CO)C1. The number of piperidine rings is 1. The molecule has 2 rings (SSSR count). The molecular formula is C14H25N5O. The minimum atomic E-state index is 0.304. The third kappa shape index (κ3) is 4.05. The van der Waals surface area contributed by atoms with Crippen LogP contribution in [0, 0.1) is 5.92 Å². The Morgan fingerprint density at radius 3 is 2.95 bits per heavy atom. The van der Waals surface area contributed by atoms with Gasteiger partial charge in [-0.3, -0.25) is 0 Å². The molecule has 1 fully saturated rings. The maximum absolute atomic E-state index is 9.24. The number of hydrogen-bond acceptors (Lipinski definition) is 6. The highest BCUT2D eigenvalue weighted by atomic mass is 16.3. The Balaban J connectivity index is 1.81. The number of aliphatic hydroxyl groups excluding tert-OH is 1. The summed E-state index contributed by atoms with van der Waals surface area (Å²) in [7, 11) is 3.93. The Labute approximate surface area is 120 Å². The van der Waals surface area contributed by atoms with E-state index < -0.39 is 0 Å². The molecule has 20 heavy (non-hydrogen) atoms. The van der Waals surface area contributed by atoms with E-state index in [4.69, 9.17) is 0 Å². The van der Waals surface area contributed by atoms with Gasteiger partial charge in [0.2, 0.25) is 0 Å². The lowest BCUT2D eigenvalue weighted by atomic mass is 9.99. The van der Waals surface area contributed by atoms with Crippen molar-refractivity contribution in [3.63, 3.8) is 0 Å². The average molecular weight is 279 g/mol. The zero-order chi connectivity index (χ0) is 14.4. The first kappa shape index (κ1) is 15.0. The molecule has 0 aromatic carbocycles. The van der Waals surface area contributed by atoms with E-state index in [2.05, 4.69) is 20.2 Å². The van der Waals surface area contributed by atoms with E-state index in [1.54, 1.807) is 12.4 Å². The highest BCUT2D eigenvalue weighted by Crippen LogP contribution is 2.18. The molecule has 1 aromatic rings. The first-order valence-electron chi connectivity index (χ1n) is 7.26. The van der Waals surface area contributed by atoms with Gasteiger partial charge in [-0.25, -0.2) is 9.97 Å². The van der Waals surface area contributed by atoms with Crippen molar-refractivity contribution in [1.29, 1.82) is 0 Å². The molecule has 1 atom stereocenters. The second-order valence-electron chi connectivity index (χ2n) is 5.54. The normalized spacial score (nSPS) is 19.9. The molecule has 0 saturated carbocycles.